The highest BCUT2D eigenvalue weighted by Gasteiger charge is 2.39. The van der Waals surface area contributed by atoms with Crippen LogP contribution in [0.1, 0.15) is 38.3 Å². The molecule has 1 fully saturated rings. The zero-order valence-electron chi connectivity index (χ0n) is 16.3. The number of carbonyl (C=O) groups is 1. The highest BCUT2D eigenvalue weighted by molar-refractivity contribution is 7.89. The van der Waals surface area contributed by atoms with Crippen molar-refractivity contribution in [2.75, 3.05) is 26.2 Å². The van der Waals surface area contributed by atoms with Crippen LogP contribution in [0.15, 0.2) is 23.1 Å². The van der Waals surface area contributed by atoms with E-state index >= 15 is 0 Å². The molecule has 0 radical (unpaired) electrons. The molecule has 8 heteroatoms. The van der Waals surface area contributed by atoms with Crippen LogP contribution in [0, 0.1) is 5.41 Å². The Hall–Kier alpha value is -1.15. The predicted molar refractivity (Wildman–Crippen MR) is 108 cm³/mol. The summed E-state index contributed by atoms with van der Waals surface area (Å²) in [6.45, 7) is 7.84. The predicted octanol–water partition coefficient (Wildman–Crippen LogP) is 1.80. The molecule has 1 saturated heterocycles. The van der Waals surface area contributed by atoms with Crippen LogP contribution in [0.4, 0.5) is 0 Å². The number of halogens is 1. The summed E-state index contributed by atoms with van der Waals surface area (Å²) in [6.07, 6.45) is 2.13. The number of carbonyl (C=O) groups excluding carboxylic acids is 1. The molecule has 1 unspecified atom stereocenters. The first-order chi connectivity index (χ1) is 12.1. The molecule has 0 aromatic heterocycles. The number of piperidine rings is 1. The average Bonchev–Trinajstić information content (AvgIpc) is 2.79. The zero-order valence-corrected chi connectivity index (χ0v) is 17.9. The monoisotopic (exact) mass is 415 g/mol. The van der Waals surface area contributed by atoms with Crippen LogP contribution >= 0.6 is 12.4 Å². The van der Waals surface area contributed by atoms with E-state index in [1.165, 1.54) is 0 Å². The number of fused-ring (bicyclic) bond motifs is 1. The van der Waals surface area contributed by atoms with Crippen LogP contribution < -0.4 is 5.73 Å². The smallest absolute Gasteiger partial charge is 0.243 e. The van der Waals surface area contributed by atoms with Crippen LogP contribution in [0.5, 0.6) is 0 Å². The molecule has 1 aromatic rings. The largest absolute Gasteiger partial charge is 0.342 e. The Morgan fingerprint density at radius 3 is 2.37 bits per heavy atom. The van der Waals surface area contributed by atoms with E-state index in [1.54, 1.807) is 23.4 Å². The topological polar surface area (TPSA) is 83.7 Å². The van der Waals surface area contributed by atoms with Gasteiger partial charge < -0.3 is 10.6 Å². The van der Waals surface area contributed by atoms with Gasteiger partial charge in [-0.3, -0.25) is 4.79 Å². The maximum absolute atomic E-state index is 13.1. The van der Waals surface area contributed by atoms with E-state index in [9.17, 15) is 13.2 Å². The lowest BCUT2D eigenvalue weighted by atomic mass is 9.81. The van der Waals surface area contributed by atoms with Gasteiger partial charge in [0.25, 0.3) is 0 Å². The molecule has 2 aliphatic heterocycles. The van der Waals surface area contributed by atoms with Gasteiger partial charge in [0.1, 0.15) is 0 Å². The number of hydrogen-bond acceptors (Lipinski definition) is 4. The molecular weight excluding hydrogens is 386 g/mol. The molecule has 1 atom stereocenters. The fraction of sp³-hybridized carbons (Fsp3) is 0.632. The second-order valence-corrected chi connectivity index (χ2v) is 10.1. The summed E-state index contributed by atoms with van der Waals surface area (Å²) in [7, 11) is -3.53. The number of hydrogen-bond donors (Lipinski definition) is 1. The maximum Gasteiger partial charge on any atom is 0.243 e. The van der Waals surface area contributed by atoms with Crippen LogP contribution in [-0.2, 0) is 27.7 Å². The van der Waals surface area contributed by atoms with E-state index in [2.05, 4.69) is 0 Å². The normalized spacial score (nSPS) is 23.1. The Morgan fingerprint density at radius 1 is 1.15 bits per heavy atom. The molecule has 2 heterocycles. The number of rotatable bonds is 2. The third-order valence-corrected chi connectivity index (χ3v) is 7.68. The Bertz CT molecular complexity index is 810. The summed E-state index contributed by atoms with van der Waals surface area (Å²) < 4.78 is 27.9. The maximum atomic E-state index is 13.1. The fourth-order valence-electron chi connectivity index (χ4n) is 3.86. The number of nitrogens with zero attached hydrogens (tertiary/aromatic N) is 2. The van der Waals surface area contributed by atoms with Crippen molar-refractivity contribution in [3.05, 3.63) is 29.3 Å². The molecule has 3 rings (SSSR count). The summed E-state index contributed by atoms with van der Waals surface area (Å²) >= 11 is 0. The van der Waals surface area contributed by atoms with Crippen molar-refractivity contribution in [2.24, 2.45) is 11.1 Å². The molecule has 0 saturated carbocycles. The molecule has 1 amide bonds. The summed E-state index contributed by atoms with van der Waals surface area (Å²) in [5.41, 5.74) is 8.08. The molecular formula is C19H30ClN3O3S. The summed E-state index contributed by atoms with van der Waals surface area (Å²) in [6, 6.07) is 5.43. The van der Waals surface area contributed by atoms with E-state index in [0.29, 0.717) is 43.9 Å². The second-order valence-electron chi connectivity index (χ2n) is 8.16. The first-order valence-electron chi connectivity index (χ1n) is 9.24. The van der Waals surface area contributed by atoms with Crippen LogP contribution in [0.3, 0.4) is 0 Å². The van der Waals surface area contributed by atoms with Gasteiger partial charge in [-0.15, -0.1) is 12.4 Å². The van der Waals surface area contributed by atoms with Gasteiger partial charge >= 0.3 is 0 Å². The Balaban J connectivity index is 0.00000261. The Kier molecular flexibility index (Phi) is 6.62. The third-order valence-electron chi connectivity index (χ3n) is 5.84. The minimum Gasteiger partial charge on any atom is -0.342 e. The average molecular weight is 416 g/mol. The van der Waals surface area contributed by atoms with Crippen LogP contribution in [-0.4, -0.2) is 55.8 Å². The van der Waals surface area contributed by atoms with Gasteiger partial charge in [-0.05, 0) is 47.9 Å². The summed E-state index contributed by atoms with van der Waals surface area (Å²) in [4.78, 5) is 13.8. The minimum absolute atomic E-state index is 0. The SMILES string of the molecule is CC(=O)N1CCc2ccc(S(=O)(=O)N3CCC(N)C(C)(C)C3)cc2CC1.Cl. The lowest BCUT2D eigenvalue weighted by Crippen LogP contribution is -2.53. The summed E-state index contributed by atoms with van der Waals surface area (Å²) in [5, 5.41) is 0. The van der Waals surface area contributed by atoms with Gasteiger partial charge in [0.05, 0.1) is 4.90 Å². The fourth-order valence-corrected chi connectivity index (χ4v) is 5.53. The quantitative estimate of drug-likeness (QED) is 0.798. The van der Waals surface area contributed by atoms with Gasteiger partial charge in [0, 0.05) is 39.1 Å². The van der Waals surface area contributed by atoms with Gasteiger partial charge in [0.2, 0.25) is 15.9 Å². The van der Waals surface area contributed by atoms with Gasteiger partial charge in [-0.1, -0.05) is 19.9 Å². The number of amides is 1. The molecule has 152 valence electrons. The number of nitrogens with two attached hydrogens (primary N) is 1. The highest BCUT2D eigenvalue weighted by atomic mass is 35.5. The van der Waals surface area contributed by atoms with Gasteiger partial charge in [-0.25, -0.2) is 8.42 Å². The third kappa shape index (κ3) is 4.47. The number of sulfonamides is 1. The summed E-state index contributed by atoms with van der Waals surface area (Å²) in [5.74, 6) is 0.0672. The standard InChI is InChI=1S/C19H29N3O3S.ClH/c1-14(23)21-9-6-15-4-5-17(12-16(15)7-10-21)26(24,25)22-11-8-18(20)19(2,3)13-22;/h4-5,12,18H,6-11,13,20H2,1-3H3;1H. The van der Waals surface area contributed by atoms with Gasteiger partial charge in [0.15, 0.2) is 0 Å². The van der Waals surface area contributed by atoms with Crippen molar-refractivity contribution in [1.29, 1.82) is 0 Å². The van der Waals surface area contributed by atoms with Crippen molar-refractivity contribution < 1.29 is 13.2 Å². The van der Waals surface area contributed by atoms with Crippen molar-refractivity contribution in [3.63, 3.8) is 0 Å². The van der Waals surface area contributed by atoms with E-state index < -0.39 is 10.0 Å². The Morgan fingerprint density at radius 2 is 1.78 bits per heavy atom. The Labute approximate surface area is 168 Å². The molecule has 27 heavy (non-hydrogen) atoms. The molecule has 1 aromatic carbocycles. The molecule has 0 aliphatic carbocycles. The van der Waals surface area contributed by atoms with Crippen molar-refractivity contribution in [2.45, 2.75) is 51.0 Å². The highest BCUT2D eigenvalue weighted by Crippen LogP contribution is 2.32. The minimum atomic E-state index is -3.53. The second kappa shape index (κ2) is 8.07. The van der Waals surface area contributed by atoms with Gasteiger partial charge in [-0.2, -0.15) is 4.31 Å². The van der Waals surface area contributed by atoms with E-state index in [0.717, 1.165) is 17.5 Å². The van der Waals surface area contributed by atoms with Crippen LogP contribution in [0.25, 0.3) is 0 Å². The van der Waals surface area contributed by atoms with E-state index in [1.807, 2.05) is 24.8 Å². The molecule has 2 aliphatic rings. The first kappa shape index (κ1) is 22.1. The first-order valence-corrected chi connectivity index (χ1v) is 10.7. The number of benzene rings is 1. The van der Waals surface area contributed by atoms with Crippen molar-refractivity contribution in [3.8, 4) is 0 Å². The lowest BCUT2D eigenvalue weighted by Gasteiger charge is -2.41. The van der Waals surface area contributed by atoms with E-state index in [-0.39, 0.29) is 29.8 Å². The molecule has 0 bridgehead atoms. The lowest BCUT2D eigenvalue weighted by molar-refractivity contribution is -0.128. The van der Waals surface area contributed by atoms with Crippen molar-refractivity contribution in [1.82, 2.24) is 9.21 Å². The molecule has 0 spiro atoms. The zero-order chi connectivity index (χ0) is 19.1. The van der Waals surface area contributed by atoms with Crippen molar-refractivity contribution >= 4 is 28.3 Å². The molecule has 6 nitrogen and oxygen atoms in total. The molecule has 2 N–H and O–H groups in total. The van der Waals surface area contributed by atoms with Crippen LogP contribution in [0.2, 0.25) is 0 Å². The van der Waals surface area contributed by atoms with E-state index in [4.69, 9.17) is 5.73 Å².